The van der Waals surface area contributed by atoms with Crippen molar-refractivity contribution in [3.05, 3.63) is 28.5 Å². The van der Waals surface area contributed by atoms with Crippen molar-refractivity contribution in [2.24, 2.45) is 5.73 Å². The van der Waals surface area contributed by atoms with E-state index >= 15 is 0 Å². The minimum atomic E-state index is -0.203. The van der Waals surface area contributed by atoms with Crippen LogP contribution in [0.5, 0.6) is 0 Å². The number of hydrogen-bond acceptors (Lipinski definition) is 3. The fraction of sp³-hybridized carbons (Fsp3) is 0.500. The van der Waals surface area contributed by atoms with Gasteiger partial charge in [0.05, 0.1) is 6.10 Å². The molecule has 0 bridgehead atoms. The molecule has 0 spiro atoms. The smallest absolute Gasteiger partial charge is 0.109 e. The molecule has 0 saturated heterocycles. The first-order valence-corrected chi connectivity index (χ1v) is 5.46. The Labute approximate surface area is 91.5 Å². The van der Waals surface area contributed by atoms with Crippen LogP contribution in [0, 0.1) is 0 Å². The highest BCUT2D eigenvalue weighted by Gasteiger charge is 2.44. The second kappa shape index (κ2) is 3.61. The lowest BCUT2D eigenvalue weighted by Crippen LogP contribution is -2.50. The predicted molar refractivity (Wildman–Crippen MR) is 57.9 cm³/mol. The number of pyridine rings is 1. The van der Waals surface area contributed by atoms with E-state index in [1.54, 1.807) is 6.20 Å². The number of aliphatic hydroxyl groups is 1. The second-order valence-corrected chi connectivity index (χ2v) is 4.64. The number of nitrogens with two attached hydrogens (primary N) is 1. The van der Waals surface area contributed by atoms with Gasteiger partial charge in [0.15, 0.2) is 0 Å². The van der Waals surface area contributed by atoms with Gasteiger partial charge >= 0.3 is 0 Å². The Morgan fingerprint density at radius 1 is 1.64 bits per heavy atom. The normalized spacial score (nSPS) is 31.2. The molecular formula is C10H13BrN2O. The van der Waals surface area contributed by atoms with Gasteiger partial charge in [-0.2, -0.15) is 0 Å². The van der Waals surface area contributed by atoms with E-state index in [0.717, 1.165) is 23.0 Å². The maximum Gasteiger partial charge on any atom is 0.109 e. The fourth-order valence-corrected chi connectivity index (χ4v) is 2.79. The highest BCUT2D eigenvalue weighted by molar-refractivity contribution is 9.10. The van der Waals surface area contributed by atoms with Crippen LogP contribution in [0.2, 0.25) is 0 Å². The molecular weight excluding hydrogens is 244 g/mol. The Bertz CT molecular complexity index is 337. The Hall–Kier alpha value is -0.450. The Morgan fingerprint density at radius 3 is 2.86 bits per heavy atom. The Balaban J connectivity index is 2.34. The van der Waals surface area contributed by atoms with Crippen molar-refractivity contribution in [1.29, 1.82) is 0 Å². The van der Waals surface area contributed by atoms with Gasteiger partial charge in [0.2, 0.25) is 0 Å². The Morgan fingerprint density at radius 2 is 2.36 bits per heavy atom. The number of hydrogen-bond donors (Lipinski definition) is 2. The summed E-state index contributed by atoms with van der Waals surface area (Å²) in [4.78, 5) is 4.18. The zero-order chi connectivity index (χ0) is 10.2. The average molecular weight is 257 g/mol. The number of aliphatic hydroxyl groups excluding tert-OH is 1. The summed E-state index contributed by atoms with van der Waals surface area (Å²) >= 11 is 3.42. The SMILES string of the molecule is NCC1(c2cccnc2Br)CC(O)C1. The highest BCUT2D eigenvalue weighted by atomic mass is 79.9. The summed E-state index contributed by atoms with van der Waals surface area (Å²) in [5, 5.41) is 9.38. The lowest BCUT2D eigenvalue weighted by Gasteiger charge is -2.45. The van der Waals surface area contributed by atoms with E-state index in [9.17, 15) is 5.11 Å². The molecule has 1 heterocycles. The van der Waals surface area contributed by atoms with Crippen LogP contribution in [0.3, 0.4) is 0 Å². The topological polar surface area (TPSA) is 59.1 Å². The molecule has 0 unspecified atom stereocenters. The molecule has 1 saturated carbocycles. The van der Waals surface area contributed by atoms with Crippen LogP contribution in [0.15, 0.2) is 22.9 Å². The van der Waals surface area contributed by atoms with Gasteiger partial charge in [0.1, 0.15) is 4.60 Å². The van der Waals surface area contributed by atoms with Crippen LogP contribution >= 0.6 is 15.9 Å². The molecule has 1 aromatic rings. The molecule has 1 fully saturated rings. The van der Waals surface area contributed by atoms with Crippen molar-refractivity contribution in [3.63, 3.8) is 0 Å². The third-order valence-corrected chi connectivity index (χ3v) is 3.61. The molecule has 3 nitrogen and oxygen atoms in total. The number of nitrogens with zero attached hydrogens (tertiary/aromatic N) is 1. The highest BCUT2D eigenvalue weighted by Crippen LogP contribution is 2.44. The number of aromatic nitrogens is 1. The summed E-state index contributed by atoms with van der Waals surface area (Å²) < 4.78 is 0.845. The van der Waals surface area contributed by atoms with Gasteiger partial charge in [0.25, 0.3) is 0 Å². The zero-order valence-corrected chi connectivity index (χ0v) is 9.37. The second-order valence-electron chi connectivity index (χ2n) is 3.89. The summed E-state index contributed by atoms with van der Waals surface area (Å²) in [5.41, 5.74) is 6.83. The van der Waals surface area contributed by atoms with Crippen LogP contribution in [-0.2, 0) is 5.41 Å². The van der Waals surface area contributed by atoms with Gasteiger partial charge in [-0.05, 0) is 40.4 Å². The van der Waals surface area contributed by atoms with Crippen molar-refractivity contribution >= 4 is 15.9 Å². The lowest BCUT2D eigenvalue weighted by molar-refractivity contribution is 0.0216. The standard InChI is InChI=1S/C10H13BrN2O/c11-9-8(2-1-3-13-9)10(6-12)4-7(14)5-10/h1-3,7,14H,4-6,12H2. The van der Waals surface area contributed by atoms with Gasteiger partial charge in [-0.15, -0.1) is 0 Å². The molecule has 0 amide bonds. The van der Waals surface area contributed by atoms with Crippen LogP contribution < -0.4 is 5.73 Å². The molecule has 76 valence electrons. The summed E-state index contributed by atoms with van der Waals surface area (Å²) in [6.07, 6.45) is 3.03. The number of rotatable bonds is 2. The van der Waals surface area contributed by atoms with Crippen LogP contribution in [0.4, 0.5) is 0 Å². The first kappa shape index (κ1) is 10.1. The van der Waals surface area contributed by atoms with Gasteiger partial charge in [-0.3, -0.25) is 0 Å². The Kier molecular flexibility index (Phi) is 2.60. The summed E-state index contributed by atoms with van der Waals surface area (Å²) in [6, 6.07) is 3.93. The van der Waals surface area contributed by atoms with E-state index in [-0.39, 0.29) is 11.5 Å². The summed E-state index contributed by atoms with van der Waals surface area (Å²) in [5.74, 6) is 0. The van der Waals surface area contributed by atoms with Gasteiger partial charge in [0, 0.05) is 18.2 Å². The molecule has 1 aliphatic carbocycles. The maximum absolute atomic E-state index is 9.38. The van der Waals surface area contributed by atoms with Crippen LogP contribution in [-0.4, -0.2) is 22.7 Å². The van der Waals surface area contributed by atoms with E-state index in [1.807, 2.05) is 12.1 Å². The first-order valence-electron chi connectivity index (χ1n) is 4.67. The molecule has 4 heteroatoms. The molecule has 2 rings (SSSR count). The molecule has 1 aromatic heterocycles. The molecule has 0 aromatic carbocycles. The van der Waals surface area contributed by atoms with E-state index in [0.29, 0.717) is 6.54 Å². The largest absolute Gasteiger partial charge is 0.393 e. The molecule has 0 atom stereocenters. The first-order chi connectivity index (χ1) is 6.68. The maximum atomic E-state index is 9.38. The van der Waals surface area contributed by atoms with Crippen molar-refractivity contribution in [2.45, 2.75) is 24.4 Å². The third kappa shape index (κ3) is 1.47. The van der Waals surface area contributed by atoms with Crippen molar-refractivity contribution in [2.75, 3.05) is 6.54 Å². The van der Waals surface area contributed by atoms with Gasteiger partial charge in [-0.25, -0.2) is 4.98 Å². The quantitative estimate of drug-likeness (QED) is 0.782. The fourth-order valence-electron chi connectivity index (χ4n) is 2.12. The van der Waals surface area contributed by atoms with Gasteiger partial charge < -0.3 is 10.8 Å². The van der Waals surface area contributed by atoms with E-state index in [1.165, 1.54) is 0 Å². The minimum absolute atomic E-state index is 0.0630. The summed E-state index contributed by atoms with van der Waals surface area (Å²) in [7, 11) is 0. The van der Waals surface area contributed by atoms with Crippen molar-refractivity contribution in [1.82, 2.24) is 4.98 Å². The third-order valence-electron chi connectivity index (χ3n) is 2.97. The van der Waals surface area contributed by atoms with Crippen molar-refractivity contribution < 1.29 is 5.11 Å². The van der Waals surface area contributed by atoms with Crippen LogP contribution in [0.1, 0.15) is 18.4 Å². The number of halogens is 1. The van der Waals surface area contributed by atoms with E-state index in [2.05, 4.69) is 20.9 Å². The summed E-state index contributed by atoms with van der Waals surface area (Å²) in [6.45, 7) is 0.564. The molecule has 3 N–H and O–H groups in total. The van der Waals surface area contributed by atoms with Crippen molar-refractivity contribution in [3.8, 4) is 0 Å². The van der Waals surface area contributed by atoms with Crippen LogP contribution in [0.25, 0.3) is 0 Å². The predicted octanol–water partition coefficient (Wildman–Crippen LogP) is 1.20. The van der Waals surface area contributed by atoms with Gasteiger partial charge in [-0.1, -0.05) is 6.07 Å². The molecule has 1 aliphatic rings. The van der Waals surface area contributed by atoms with E-state index < -0.39 is 0 Å². The lowest BCUT2D eigenvalue weighted by atomic mass is 9.63. The minimum Gasteiger partial charge on any atom is -0.393 e. The molecule has 14 heavy (non-hydrogen) atoms. The molecule has 0 radical (unpaired) electrons. The monoisotopic (exact) mass is 256 g/mol. The zero-order valence-electron chi connectivity index (χ0n) is 7.78. The average Bonchev–Trinajstić information content (AvgIpc) is 2.14. The molecule has 0 aliphatic heterocycles. The van der Waals surface area contributed by atoms with E-state index in [4.69, 9.17) is 5.73 Å².